The Balaban J connectivity index is 1.75. The highest BCUT2D eigenvalue weighted by molar-refractivity contribution is 6.05. The molecule has 1 aromatic carbocycles. The van der Waals surface area contributed by atoms with Gasteiger partial charge in [0.1, 0.15) is 5.69 Å². The van der Waals surface area contributed by atoms with Gasteiger partial charge in [0.05, 0.1) is 29.3 Å². The average Bonchev–Trinajstić information content (AvgIpc) is 3.16. The number of benzene rings is 1. The lowest BCUT2D eigenvalue weighted by Crippen LogP contribution is -2.25. The maximum absolute atomic E-state index is 11.1. The first-order valence-corrected chi connectivity index (χ1v) is 6.64. The number of carbonyl (C=O) groups is 1. The van der Waals surface area contributed by atoms with Crippen LogP contribution in [0.1, 0.15) is 18.4 Å². The lowest BCUT2D eigenvalue weighted by Gasteiger charge is -2.11. The van der Waals surface area contributed by atoms with Crippen molar-refractivity contribution in [1.29, 1.82) is 0 Å². The minimum Gasteiger partial charge on any atom is -0.342 e. The molecule has 3 heterocycles. The molecule has 0 saturated carbocycles. The third-order valence-corrected chi connectivity index (χ3v) is 3.47. The van der Waals surface area contributed by atoms with Gasteiger partial charge in [-0.25, -0.2) is 15.4 Å². The highest BCUT2D eigenvalue weighted by Gasteiger charge is 2.14. The third kappa shape index (κ3) is 2.08. The second-order valence-corrected chi connectivity index (χ2v) is 4.88. The zero-order chi connectivity index (χ0) is 14.2. The predicted molar refractivity (Wildman–Crippen MR) is 77.6 cm³/mol. The normalized spacial score (nSPS) is 15.0. The molecule has 2 aromatic heterocycles. The van der Waals surface area contributed by atoms with Crippen LogP contribution in [0.15, 0.2) is 35.8 Å². The minimum absolute atomic E-state index is 0.0390. The standard InChI is InChI=1S/C14H12N6O/c21-13-4-3-9(19-20-13)8-1-2-10-11(5-8)18-14(17-10)12-6-15-7-16-12/h1-2,5-7H,3-4H2,(H,15,16)(H,17,18)(H,20,21). The van der Waals surface area contributed by atoms with E-state index < -0.39 is 0 Å². The monoisotopic (exact) mass is 280 g/mol. The van der Waals surface area contributed by atoms with E-state index in [2.05, 4.69) is 30.5 Å². The number of fused-ring (bicyclic) bond motifs is 1. The second-order valence-electron chi connectivity index (χ2n) is 4.88. The number of imidazole rings is 2. The molecule has 0 radical (unpaired) electrons. The molecule has 0 atom stereocenters. The van der Waals surface area contributed by atoms with E-state index in [-0.39, 0.29) is 5.91 Å². The summed E-state index contributed by atoms with van der Waals surface area (Å²) in [6.07, 6.45) is 4.46. The van der Waals surface area contributed by atoms with E-state index in [1.165, 1.54) is 0 Å². The molecular formula is C14H12N6O. The number of rotatable bonds is 2. The molecule has 0 fully saturated rings. The van der Waals surface area contributed by atoms with E-state index in [1.54, 1.807) is 12.5 Å². The van der Waals surface area contributed by atoms with Crippen LogP contribution >= 0.6 is 0 Å². The fraction of sp³-hybridized carbons (Fsp3) is 0.143. The van der Waals surface area contributed by atoms with E-state index in [0.717, 1.165) is 33.8 Å². The van der Waals surface area contributed by atoms with Crippen LogP contribution in [-0.2, 0) is 4.79 Å². The van der Waals surface area contributed by atoms with Gasteiger partial charge in [-0.1, -0.05) is 6.07 Å². The Bertz CT molecular complexity index is 846. The van der Waals surface area contributed by atoms with Gasteiger partial charge in [0.15, 0.2) is 5.82 Å². The maximum Gasteiger partial charge on any atom is 0.240 e. The molecule has 0 spiro atoms. The van der Waals surface area contributed by atoms with Gasteiger partial charge in [-0.2, -0.15) is 5.10 Å². The van der Waals surface area contributed by atoms with Crippen molar-refractivity contribution in [3.05, 3.63) is 36.3 Å². The molecule has 0 unspecified atom stereocenters. The Kier molecular flexibility index (Phi) is 2.56. The summed E-state index contributed by atoms with van der Waals surface area (Å²) >= 11 is 0. The van der Waals surface area contributed by atoms with Crippen molar-refractivity contribution in [1.82, 2.24) is 25.4 Å². The summed E-state index contributed by atoms with van der Waals surface area (Å²) in [6, 6.07) is 5.91. The van der Waals surface area contributed by atoms with Gasteiger partial charge in [-0.3, -0.25) is 4.79 Å². The summed E-state index contributed by atoms with van der Waals surface area (Å²) in [5.74, 6) is 0.710. The van der Waals surface area contributed by atoms with Crippen molar-refractivity contribution in [3.8, 4) is 11.5 Å². The number of aromatic amines is 2. The number of amides is 1. The molecular weight excluding hydrogens is 268 g/mol. The number of nitrogens with zero attached hydrogens (tertiary/aromatic N) is 3. The van der Waals surface area contributed by atoms with Gasteiger partial charge in [0, 0.05) is 12.8 Å². The molecule has 1 amide bonds. The fourth-order valence-corrected chi connectivity index (χ4v) is 2.38. The lowest BCUT2D eigenvalue weighted by atomic mass is 10.0. The molecule has 0 saturated heterocycles. The number of hydrazone groups is 1. The molecule has 7 heteroatoms. The molecule has 1 aliphatic rings. The Morgan fingerprint density at radius 2 is 2.14 bits per heavy atom. The quantitative estimate of drug-likeness (QED) is 0.664. The summed E-state index contributed by atoms with van der Waals surface area (Å²) < 4.78 is 0. The van der Waals surface area contributed by atoms with Gasteiger partial charge in [-0.15, -0.1) is 0 Å². The second kappa shape index (κ2) is 4.55. The van der Waals surface area contributed by atoms with Crippen molar-refractivity contribution in [2.75, 3.05) is 0 Å². The number of carbonyl (C=O) groups excluding carboxylic acids is 1. The van der Waals surface area contributed by atoms with Crippen molar-refractivity contribution >= 4 is 22.7 Å². The first-order valence-electron chi connectivity index (χ1n) is 6.64. The summed E-state index contributed by atoms with van der Waals surface area (Å²) in [4.78, 5) is 25.9. The highest BCUT2D eigenvalue weighted by Crippen LogP contribution is 2.21. The molecule has 21 heavy (non-hydrogen) atoms. The van der Waals surface area contributed by atoms with Gasteiger partial charge < -0.3 is 9.97 Å². The number of aromatic nitrogens is 4. The first kappa shape index (κ1) is 11.8. The number of H-pyrrole nitrogens is 2. The molecule has 104 valence electrons. The summed E-state index contributed by atoms with van der Waals surface area (Å²) in [5.41, 5.74) is 7.04. The van der Waals surface area contributed by atoms with Crippen LogP contribution in [0.4, 0.5) is 0 Å². The molecule has 4 rings (SSSR count). The summed E-state index contributed by atoms with van der Waals surface area (Å²) in [7, 11) is 0. The van der Waals surface area contributed by atoms with E-state index in [0.29, 0.717) is 12.8 Å². The van der Waals surface area contributed by atoms with Gasteiger partial charge >= 0.3 is 0 Å². The summed E-state index contributed by atoms with van der Waals surface area (Å²) in [5, 5.41) is 4.11. The minimum atomic E-state index is -0.0390. The van der Waals surface area contributed by atoms with E-state index >= 15 is 0 Å². The van der Waals surface area contributed by atoms with Crippen molar-refractivity contribution < 1.29 is 4.79 Å². The Labute approximate surface area is 119 Å². The van der Waals surface area contributed by atoms with Crippen molar-refractivity contribution in [2.45, 2.75) is 12.8 Å². The SMILES string of the molecule is O=C1CCC(c2ccc3nc(-c4cnc[nH]4)[nH]c3c2)=NN1. The Morgan fingerprint density at radius 3 is 2.90 bits per heavy atom. The molecule has 0 bridgehead atoms. The smallest absolute Gasteiger partial charge is 0.240 e. The first-order chi connectivity index (χ1) is 10.3. The van der Waals surface area contributed by atoms with Crippen LogP contribution < -0.4 is 5.43 Å². The number of hydrogen-bond acceptors (Lipinski definition) is 4. The maximum atomic E-state index is 11.1. The van der Waals surface area contributed by atoms with Crippen LogP contribution in [0.3, 0.4) is 0 Å². The predicted octanol–water partition coefficient (Wildman–Crippen LogP) is 1.57. The number of nitrogens with one attached hydrogen (secondary N) is 3. The molecule has 0 aliphatic carbocycles. The highest BCUT2D eigenvalue weighted by atomic mass is 16.2. The largest absolute Gasteiger partial charge is 0.342 e. The molecule has 7 nitrogen and oxygen atoms in total. The van der Waals surface area contributed by atoms with Crippen LogP contribution in [0, 0.1) is 0 Å². The lowest BCUT2D eigenvalue weighted by molar-refractivity contribution is -0.121. The molecule has 3 N–H and O–H groups in total. The van der Waals surface area contributed by atoms with Gasteiger partial charge in [0.25, 0.3) is 0 Å². The fourth-order valence-electron chi connectivity index (χ4n) is 2.38. The van der Waals surface area contributed by atoms with Gasteiger partial charge in [0.2, 0.25) is 5.91 Å². The van der Waals surface area contributed by atoms with Crippen molar-refractivity contribution in [3.63, 3.8) is 0 Å². The van der Waals surface area contributed by atoms with Crippen LogP contribution in [0.5, 0.6) is 0 Å². The number of hydrogen-bond donors (Lipinski definition) is 3. The van der Waals surface area contributed by atoms with Gasteiger partial charge in [-0.05, 0) is 17.7 Å². The zero-order valence-corrected chi connectivity index (χ0v) is 11.1. The van der Waals surface area contributed by atoms with E-state index in [1.807, 2.05) is 18.2 Å². The Morgan fingerprint density at radius 1 is 1.19 bits per heavy atom. The summed E-state index contributed by atoms with van der Waals surface area (Å²) in [6.45, 7) is 0. The van der Waals surface area contributed by atoms with Crippen LogP contribution in [0.2, 0.25) is 0 Å². The van der Waals surface area contributed by atoms with Crippen molar-refractivity contribution in [2.24, 2.45) is 5.10 Å². The zero-order valence-electron chi connectivity index (χ0n) is 11.1. The molecule has 3 aromatic rings. The topological polar surface area (TPSA) is 98.8 Å². The Hall–Kier alpha value is -2.96. The van der Waals surface area contributed by atoms with E-state index in [4.69, 9.17) is 0 Å². The van der Waals surface area contributed by atoms with Crippen LogP contribution in [-0.4, -0.2) is 31.6 Å². The van der Waals surface area contributed by atoms with Crippen LogP contribution in [0.25, 0.3) is 22.6 Å². The average molecular weight is 280 g/mol. The third-order valence-electron chi connectivity index (χ3n) is 3.47. The van der Waals surface area contributed by atoms with E-state index in [9.17, 15) is 4.79 Å². The molecule has 1 aliphatic heterocycles.